The number of halogens is 2. The summed E-state index contributed by atoms with van der Waals surface area (Å²) in [6.45, 7) is 1.71. The van der Waals surface area contributed by atoms with Crippen LogP contribution in [0.5, 0.6) is 0 Å². The Morgan fingerprint density at radius 1 is 1.11 bits per heavy atom. The van der Waals surface area contributed by atoms with E-state index in [1.807, 2.05) is 42.5 Å². The van der Waals surface area contributed by atoms with Crippen LogP contribution < -0.4 is 0 Å². The van der Waals surface area contributed by atoms with Gasteiger partial charge >= 0.3 is 0 Å². The third-order valence-corrected chi connectivity index (χ3v) is 4.51. The lowest BCUT2D eigenvalue weighted by molar-refractivity contribution is 0.199. The standard InChI is InChI=1S/C15H14Cl2OS/c1-10(18)13-7-6-12(8-15(13)17)19-9-11-4-2-3-5-14(11)16/h2-8,10,18H,9H2,1H3. The Balaban J connectivity index is 2.08. The quantitative estimate of drug-likeness (QED) is 0.769. The van der Waals surface area contributed by atoms with Crippen molar-refractivity contribution in [2.24, 2.45) is 0 Å². The monoisotopic (exact) mass is 312 g/mol. The van der Waals surface area contributed by atoms with Crippen LogP contribution in [0, 0.1) is 0 Å². The van der Waals surface area contributed by atoms with Gasteiger partial charge in [-0.05, 0) is 36.2 Å². The Hall–Kier alpha value is -0.670. The molecule has 2 rings (SSSR count). The summed E-state index contributed by atoms with van der Waals surface area (Å²) in [5, 5.41) is 10.9. The van der Waals surface area contributed by atoms with Crippen molar-refractivity contribution in [3.8, 4) is 0 Å². The summed E-state index contributed by atoms with van der Waals surface area (Å²) >= 11 is 13.9. The highest BCUT2D eigenvalue weighted by atomic mass is 35.5. The molecule has 0 aromatic heterocycles. The van der Waals surface area contributed by atoms with Crippen LogP contribution in [0.25, 0.3) is 0 Å². The summed E-state index contributed by atoms with van der Waals surface area (Å²) < 4.78 is 0. The lowest BCUT2D eigenvalue weighted by atomic mass is 10.1. The normalized spacial score (nSPS) is 12.4. The van der Waals surface area contributed by atoms with Gasteiger partial charge in [0.2, 0.25) is 0 Å². The van der Waals surface area contributed by atoms with Gasteiger partial charge in [-0.25, -0.2) is 0 Å². The fourth-order valence-electron chi connectivity index (χ4n) is 1.71. The predicted octanol–water partition coefficient (Wildman–Crippen LogP) is 5.34. The van der Waals surface area contributed by atoms with E-state index in [1.165, 1.54) is 0 Å². The van der Waals surface area contributed by atoms with E-state index in [-0.39, 0.29) is 0 Å². The van der Waals surface area contributed by atoms with Crippen molar-refractivity contribution in [3.05, 3.63) is 63.6 Å². The molecule has 0 bridgehead atoms. The molecule has 2 aromatic rings. The molecule has 0 saturated carbocycles. The maximum Gasteiger partial charge on any atom is 0.0776 e. The number of hydrogen-bond acceptors (Lipinski definition) is 2. The molecule has 0 spiro atoms. The number of rotatable bonds is 4. The first-order chi connectivity index (χ1) is 9.08. The van der Waals surface area contributed by atoms with E-state index in [1.54, 1.807) is 18.7 Å². The smallest absolute Gasteiger partial charge is 0.0776 e. The fourth-order valence-corrected chi connectivity index (χ4v) is 3.34. The van der Waals surface area contributed by atoms with Gasteiger partial charge in [-0.2, -0.15) is 0 Å². The molecule has 1 N–H and O–H groups in total. The van der Waals surface area contributed by atoms with Crippen LogP contribution in [0.2, 0.25) is 10.0 Å². The van der Waals surface area contributed by atoms with E-state index in [4.69, 9.17) is 23.2 Å². The minimum atomic E-state index is -0.546. The molecular weight excluding hydrogens is 299 g/mol. The number of thioether (sulfide) groups is 1. The Bertz CT molecular complexity index is 570. The highest BCUT2D eigenvalue weighted by Crippen LogP contribution is 2.31. The second kappa shape index (κ2) is 6.67. The van der Waals surface area contributed by atoms with E-state index in [0.717, 1.165) is 26.8 Å². The largest absolute Gasteiger partial charge is 0.389 e. The number of aliphatic hydroxyl groups excluding tert-OH is 1. The highest BCUT2D eigenvalue weighted by molar-refractivity contribution is 7.98. The van der Waals surface area contributed by atoms with Crippen molar-refractivity contribution in [3.63, 3.8) is 0 Å². The van der Waals surface area contributed by atoms with Crippen LogP contribution in [-0.2, 0) is 5.75 Å². The summed E-state index contributed by atoms with van der Waals surface area (Å²) in [6.07, 6.45) is -0.546. The summed E-state index contributed by atoms with van der Waals surface area (Å²) in [4.78, 5) is 1.06. The average Bonchev–Trinajstić information content (AvgIpc) is 2.37. The molecule has 100 valence electrons. The first-order valence-corrected chi connectivity index (χ1v) is 7.66. The van der Waals surface area contributed by atoms with Gasteiger partial charge in [0.25, 0.3) is 0 Å². The van der Waals surface area contributed by atoms with Gasteiger partial charge in [0.1, 0.15) is 0 Å². The van der Waals surface area contributed by atoms with Crippen molar-refractivity contribution in [2.75, 3.05) is 0 Å². The van der Waals surface area contributed by atoms with Crippen LogP contribution >= 0.6 is 35.0 Å². The van der Waals surface area contributed by atoms with Crippen LogP contribution in [-0.4, -0.2) is 5.11 Å². The maximum absolute atomic E-state index is 9.53. The van der Waals surface area contributed by atoms with Gasteiger partial charge in [-0.3, -0.25) is 0 Å². The van der Waals surface area contributed by atoms with Crippen LogP contribution in [0.15, 0.2) is 47.4 Å². The van der Waals surface area contributed by atoms with Gasteiger partial charge in [0.15, 0.2) is 0 Å². The minimum absolute atomic E-state index is 0.546. The van der Waals surface area contributed by atoms with Gasteiger partial charge < -0.3 is 5.11 Å². The van der Waals surface area contributed by atoms with Gasteiger partial charge in [0, 0.05) is 20.7 Å². The molecule has 2 aromatic carbocycles. The molecule has 0 aliphatic rings. The molecule has 1 unspecified atom stereocenters. The van der Waals surface area contributed by atoms with Gasteiger partial charge in [0.05, 0.1) is 6.10 Å². The van der Waals surface area contributed by atoms with E-state index in [0.29, 0.717) is 5.02 Å². The lowest BCUT2D eigenvalue weighted by Crippen LogP contribution is -1.92. The van der Waals surface area contributed by atoms with Crippen molar-refractivity contribution in [1.29, 1.82) is 0 Å². The fraction of sp³-hybridized carbons (Fsp3) is 0.200. The highest BCUT2D eigenvalue weighted by Gasteiger charge is 2.08. The molecule has 0 fully saturated rings. The SMILES string of the molecule is CC(O)c1ccc(SCc2ccccc2Cl)cc1Cl. The van der Waals surface area contributed by atoms with Gasteiger partial charge in [-0.15, -0.1) is 11.8 Å². The van der Waals surface area contributed by atoms with Crippen molar-refractivity contribution >= 4 is 35.0 Å². The zero-order chi connectivity index (χ0) is 13.8. The molecule has 0 heterocycles. The molecule has 1 atom stereocenters. The molecule has 0 aliphatic heterocycles. The Morgan fingerprint density at radius 2 is 1.84 bits per heavy atom. The van der Waals surface area contributed by atoms with E-state index < -0.39 is 6.10 Å². The Kier molecular flexibility index (Phi) is 5.17. The third-order valence-electron chi connectivity index (χ3n) is 2.77. The van der Waals surface area contributed by atoms with Crippen molar-refractivity contribution in [2.45, 2.75) is 23.7 Å². The third kappa shape index (κ3) is 3.90. The summed E-state index contributed by atoms with van der Waals surface area (Å²) in [6, 6.07) is 13.5. The van der Waals surface area contributed by atoms with Crippen molar-refractivity contribution < 1.29 is 5.11 Å². The second-order valence-electron chi connectivity index (χ2n) is 4.24. The molecule has 0 saturated heterocycles. The van der Waals surface area contributed by atoms with Gasteiger partial charge in [-0.1, -0.05) is 47.5 Å². The average molecular weight is 313 g/mol. The summed E-state index contributed by atoms with van der Waals surface area (Å²) in [7, 11) is 0. The molecule has 19 heavy (non-hydrogen) atoms. The lowest BCUT2D eigenvalue weighted by Gasteiger charge is -2.09. The molecule has 0 radical (unpaired) electrons. The zero-order valence-corrected chi connectivity index (χ0v) is 12.8. The van der Waals surface area contributed by atoms with Crippen LogP contribution in [0.4, 0.5) is 0 Å². The predicted molar refractivity (Wildman–Crippen MR) is 83.1 cm³/mol. The van der Waals surface area contributed by atoms with E-state index >= 15 is 0 Å². The summed E-state index contributed by atoms with van der Waals surface area (Å²) in [5.74, 6) is 0.796. The minimum Gasteiger partial charge on any atom is -0.389 e. The topological polar surface area (TPSA) is 20.2 Å². The second-order valence-corrected chi connectivity index (χ2v) is 6.10. The van der Waals surface area contributed by atoms with Crippen LogP contribution in [0.3, 0.4) is 0 Å². The first kappa shape index (κ1) is 14.7. The van der Waals surface area contributed by atoms with E-state index in [9.17, 15) is 5.11 Å². The van der Waals surface area contributed by atoms with Crippen molar-refractivity contribution in [1.82, 2.24) is 0 Å². The molecule has 4 heteroatoms. The maximum atomic E-state index is 9.53. The molecule has 0 amide bonds. The Morgan fingerprint density at radius 3 is 2.47 bits per heavy atom. The summed E-state index contributed by atoms with van der Waals surface area (Å²) in [5.41, 5.74) is 1.86. The number of benzene rings is 2. The first-order valence-electron chi connectivity index (χ1n) is 5.91. The van der Waals surface area contributed by atoms with Crippen LogP contribution in [0.1, 0.15) is 24.2 Å². The molecular formula is C15H14Cl2OS. The number of aliphatic hydroxyl groups is 1. The number of hydrogen-bond donors (Lipinski definition) is 1. The molecule has 0 aliphatic carbocycles. The molecule has 1 nitrogen and oxygen atoms in total. The zero-order valence-electron chi connectivity index (χ0n) is 10.4. The Labute approximate surface area is 127 Å². The van der Waals surface area contributed by atoms with E-state index in [2.05, 4.69) is 0 Å².